The minimum Gasteiger partial charge on any atom is -0.353 e. The van der Waals surface area contributed by atoms with Gasteiger partial charge in [-0.2, -0.15) is 0 Å². The summed E-state index contributed by atoms with van der Waals surface area (Å²) >= 11 is 0. The van der Waals surface area contributed by atoms with Crippen molar-refractivity contribution in [3.05, 3.63) is 0 Å². The summed E-state index contributed by atoms with van der Waals surface area (Å²) in [6.07, 6.45) is 0.428. The van der Waals surface area contributed by atoms with E-state index in [0.29, 0.717) is 6.42 Å². The van der Waals surface area contributed by atoms with Crippen LogP contribution in [-0.4, -0.2) is 38.0 Å². The quantitative estimate of drug-likeness (QED) is 0.500. The molecule has 0 aromatic rings. The summed E-state index contributed by atoms with van der Waals surface area (Å²) in [7, 11) is 2.87. The predicted molar refractivity (Wildman–Crippen MR) is 52.1 cm³/mol. The van der Waals surface area contributed by atoms with Crippen molar-refractivity contribution in [2.75, 3.05) is 14.2 Å². The van der Waals surface area contributed by atoms with E-state index in [1.54, 1.807) is 0 Å². The Bertz CT molecular complexity index is 265. The Hall–Kier alpha value is -1.14. The summed E-state index contributed by atoms with van der Waals surface area (Å²) in [6, 6.07) is -0.507. The van der Waals surface area contributed by atoms with Gasteiger partial charge in [-0.1, -0.05) is 13.3 Å². The Morgan fingerprint density at radius 3 is 2.27 bits per heavy atom. The van der Waals surface area contributed by atoms with Crippen molar-refractivity contribution in [3.8, 4) is 0 Å². The van der Waals surface area contributed by atoms with Crippen LogP contribution in [0.3, 0.4) is 0 Å². The van der Waals surface area contributed by atoms with Gasteiger partial charge in [-0.25, -0.2) is 4.79 Å². The molecule has 6 heteroatoms. The highest BCUT2D eigenvalue weighted by Crippen LogP contribution is 2.24. The fourth-order valence-corrected chi connectivity index (χ4v) is 1.86. The number of urea groups is 1. The zero-order chi connectivity index (χ0) is 11.5. The maximum atomic E-state index is 11.7. The van der Waals surface area contributed by atoms with E-state index in [9.17, 15) is 9.59 Å². The predicted octanol–water partition coefficient (Wildman–Crippen LogP) is -0.0164. The van der Waals surface area contributed by atoms with E-state index in [2.05, 4.69) is 10.6 Å². The van der Waals surface area contributed by atoms with Gasteiger partial charge in [0.15, 0.2) is 11.8 Å². The first-order valence-corrected chi connectivity index (χ1v) is 4.80. The fourth-order valence-electron chi connectivity index (χ4n) is 1.86. The lowest BCUT2D eigenvalue weighted by atomic mass is 9.93. The fraction of sp³-hybridized carbons (Fsp3) is 0.778. The van der Waals surface area contributed by atoms with Crippen molar-refractivity contribution < 1.29 is 19.1 Å². The van der Waals surface area contributed by atoms with E-state index >= 15 is 0 Å². The number of methoxy groups -OCH3 is 2. The average molecular weight is 216 g/mol. The van der Waals surface area contributed by atoms with Gasteiger partial charge < -0.3 is 14.8 Å². The second kappa shape index (κ2) is 4.59. The number of carbonyl (C=O) groups excluding carboxylic acids is 2. The van der Waals surface area contributed by atoms with Crippen molar-refractivity contribution >= 4 is 11.9 Å². The summed E-state index contributed by atoms with van der Waals surface area (Å²) in [5.74, 6) is -0.400. The Balaban J connectivity index is 2.96. The van der Waals surface area contributed by atoms with Crippen LogP contribution in [0.25, 0.3) is 0 Å². The second-order valence-corrected chi connectivity index (χ2v) is 3.43. The minimum absolute atomic E-state index is 0.400. The molecule has 0 spiro atoms. The third kappa shape index (κ3) is 1.95. The summed E-state index contributed by atoms with van der Waals surface area (Å²) in [6.45, 7) is 1.92. The first kappa shape index (κ1) is 11.9. The molecule has 2 N–H and O–H groups in total. The molecule has 1 fully saturated rings. The van der Waals surface area contributed by atoms with Crippen molar-refractivity contribution in [2.24, 2.45) is 0 Å². The lowest BCUT2D eigenvalue weighted by Gasteiger charge is -2.31. The Morgan fingerprint density at radius 2 is 1.93 bits per heavy atom. The van der Waals surface area contributed by atoms with E-state index < -0.39 is 23.8 Å². The van der Waals surface area contributed by atoms with E-state index in [-0.39, 0.29) is 0 Å². The third-order valence-electron chi connectivity index (χ3n) is 2.44. The molecule has 0 unspecified atom stereocenters. The Labute approximate surface area is 88.3 Å². The SMILES string of the molecule is CCC[C@@]1(C(OC)OC)NC(=O)NC1=O. The van der Waals surface area contributed by atoms with Gasteiger partial charge >= 0.3 is 6.03 Å². The normalized spacial score (nSPS) is 25.6. The molecule has 1 aliphatic rings. The van der Waals surface area contributed by atoms with Gasteiger partial charge in [0, 0.05) is 14.2 Å². The molecule has 1 heterocycles. The van der Waals surface area contributed by atoms with Gasteiger partial charge in [0.1, 0.15) is 0 Å². The number of nitrogens with one attached hydrogen (secondary N) is 2. The standard InChI is InChI=1S/C9H16N2O4/c1-4-5-9(7(14-2)15-3)6(12)10-8(13)11-9/h7H,4-5H2,1-3H3,(H2,10,11,12,13)/t9-/m1/s1. The summed E-state index contributed by atoms with van der Waals surface area (Å²) < 4.78 is 10.1. The molecule has 3 amide bonds. The molecule has 0 aliphatic carbocycles. The third-order valence-corrected chi connectivity index (χ3v) is 2.44. The van der Waals surface area contributed by atoms with Crippen LogP contribution >= 0.6 is 0 Å². The molecule has 1 aliphatic heterocycles. The van der Waals surface area contributed by atoms with Gasteiger partial charge in [-0.05, 0) is 6.42 Å². The zero-order valence-electron chi connectivity index (χ0n) is 9.12. The second-order valence-electron chi connectivity index (χ2n) is 3.43. The van der Waals surface area contributed by atoms with Crippen LogP contribution in [0.15, 0.2) is 0 Å². The van der Waals surface area contributed by atoms with Gasteiger partial charge in [0.25, 0.3) is 5.91 Å². The molecule has 1 rings (SSSR count). The summed E-state index contributed by atoms with van der Waals surface area (Å²) in [5, 5.41) is 4.76. The highest BCUT2D eigenvalue weighted by molar-refractivity contribution is 6.07. The molecule has 1 saturated heterocycles. The molecule has 0 aromatic heterocycles. The Morgan fingerprint density at radius 1 is 1.33 bits per heavy atom. The van der Waals surface area contributed by atoms with Crippen molar-refractivity contribution in [1.82, 2.24) is 10.6 Å². The van der Waals surface area contributed by atoms with E-state index in [4.69, 9.17) is 9.47 Å². The highest BCUT2D eigenvalue weighted by Gasteiger charge is 2.52. The molecule has 0 saturated carbocycles. The number of hydrogen-bond acceptors (Lipinski definition) is 4. The monoisotopic (exact) mass is 216 g/mol. The molecule has 1 atom stereocenters. The first-order valence-electron chi connectivity index (χ1n) is 4.80. The molecule has 0 bridgehead atoms. The van der Waals surface area contributed by atoms with Crippen LogP contribution in [0, 0.1) is 0 Å². The first-order chi connectivity index (χ1) is 7.10. The number of rotatable bonds is 5. The molecule has 0 radical (unpaired) electrons. The molecular formula is C9H16N2O4. The average Bonchev–Trinajstić information content (AvgIpc) is 2.45. The van der Waals surface area contributed by atoms with Gasteiger partial charge in [-0.15, -0.1) is 0 Å². The van der Waals surface area contributed by atoms with Gasteiger partial charge in [-0.3, -0.25) is 10.1 Å². The highest BCUT2D eigenvalue weighted by atomic mass is 16.7. The van der Waals surface area contributed by atoms with Crippen molar-refractivity contribution in [1.29, 1.82) is 0 Å². The molecular weight excluding hydrogens is 200 g/mol. The van der Waals surface area contributed by atoms with Crippen LogP contribution in [0.5, 0.6) is 0 Å². The lowest BCUT2D eigenvalue weighted by Crippen LogP contribution is -2.57. The van der Waals surface area contributed by atoms with Crippen LogP contribution in [0.4, 0.5) is 4.79 Å². The largest absolute Gasteiger partial charge is 0.353 e. The summed E-state index contributed by atoms with van der Waals surface area (Å²) in [5.41, 5.74) is -1.10. The zero-order valence-corrected chi connectivity index (χ0v) is 9.12. The van der Waals surface area contributed by atoms with Crippen molar-refractivity contribution in [3.63, 3.8) is 0 Å². The smallest absolute Gasteiger partial charge is 0.322 e. The maximum absolute atomic E-state index is 11.7. The number of hydrogen-bond donors (Lipinski definition) is 2. The molecule has 15 heavy (non-hydrogen) atoms. The summed E-state index contributed by atoms with van der Waals surface area (Å²) in [4.78, 5) is 22.8. The van der Waals surface area contributed by atoms with E-state index in [0.717, 1.165) is 6.42 Å². The van der Waals surface area contributed by atoms with Crippen LogP contribution < -0.4 is 10.6 Å². The molecule has 6 nitrogen and oxygen atoms in total. The lowest BCUT2D eigenvalue weighted by molar-refractivity contribution is -0.165. The van der Waals surface area contributed by atoms with Gasteiger partial charge in [0.2, 0.25) is 0 Å². The number of imide groups is 1. The number of ether oxygens (including phenoxy) is 2. The van der Waals surface area contributed by atoms with Crippen LogP contribution in [0.1, 0.15) is 19.8 Å². The maximum Gasteiger partial charge on any atom is 0.322 e. The minimum atomic E-state index is -1.10. The Kier molecular flexibility index (Phi) is 3.65. The van der Waals surface area contributed by atoms with Gasteiger partial charge in [0.05, 0.1) is 0 Å². The van der Waals surface area contributed by atoms with E-state index in [1.807, 2.05) is 6.92 Å². The topological polar surface area (TPSA) is 76.7 Å². The molecule has 86 valence electrons. The molecule has 0 aromatic carbocycles. The van der Waals surface area contributed by atoms with Crippen molar-refractivity contribution in [2.45, 2.75) is 31.6 Å². The number of amides is 3. The number of carbonyl (C=O) groups is 2. The van der Waals surface area contributed by atoms with E-state index in [1.165, 1.54) is 14.2 Å². The van der Waals surface area contributed by atoms with Crippen LogP contribution in [0.2, 0.25) is 0 Å². The van der Waals surface area contributed by atoms with Crippen LogP contribution in [-0.2, 0) is 14.3 Å².